The molecule has 1 aromatic carbocycles. The van der Waals surface area contributed by atoms with E-state index in [9.17, 15) is 0 Å². The van der Waals surface area contributed by atoms with Crippen LogP contribution in [0.5, 0.6) is 5.75 Å². The maximum atomic E-state index is 8.91. The summed E-state index contributed by atoms with van der Waals surface area (Å²) in [5.74, 6) is 1.39. The maximum Gasteiger partial charge on any atom is 0.246 e. The van der Waals surface area contributed by atoms with Crippen molar-refractivity contribution < 1.29 is 14.4 Å². The summed E-state index contributed by atoms with van der Waals surface area (Å²) in [7, 11) is 0. The number of nitrogens with zero attached hydrogens (tertiary/aromatic N) is 2. The molecule has 0 bridgehead atoms. The van der Waals surface area contributed by atoms with Crippen LogP contribution < -0.4 is 10.5 Å². The molecule has 0 aliphatic carbocycles. The molecule has 0 unspecified atom stereocenters. The molecule has 0 saturated carbocycles. The smallest absolute Gasteiger partial charge is 0.246 e. The van der Waals surface area contributed by atoms with Crippen LogP contribution in [-0.4, -0.2) is 28.5 Å². The van der Waals surface area contributed by atoms with Gasteiger partial charge in [0.25, 0.3) is 0 Å². The van der Waals surface area contributed by atoms with Crippen LogP contribution in [0, 0.1) is 0 Å². The topological polar surface area (TPSA) is 94.4 Å². The molecule has 6 heteroatoms. The second-order valence-corrected chi connectivity index (χ2v) is 3.71. The third-order valence-electron chi connectivity index (χ3n) is 2.36. The number of hydrogen-bond acceptors (Lipinski definition) is 6. The standard InChI is InChI=1S/C12H15N3O3/c1-2-17-9-5-3-4-8(6-9)11-14-12(18-15-11)10(13)7-16/h3-6,10,16H,2,7,13H2,1H3/t10-/m1/s1. The molecule has 2 rings (SSSR count). The lowest BCUT2D eigenvalue weighted by Crippen LogP contribution is -2.14. The summed E-state index contributed by atoms with van der Waals surface area (Å²) >= 11 is 0. The van der Waals surface area contributed by atoms with Gasteiger partial charge in [0, 0.05) is 5.56 Å². The minimum Gasteiger partial charge on any atom is -0.494 e. The Bertz CT molecular complexity index is 513. The van der Waals surface area contributed by atoms with E-state index in [1.807, 2.05) is 31.2 Å². The number of rotatable bonds is 5. The fourth-order valence-corrected chi connectivity index (χ4v) is 1.47. The molecular weight excluding hydrogens is 234 g/mol. The molecule has 0 aliphatic heterocycles. The number of aromatic nitrogens is 2. The highest BCUT2D eigenvalue weighted by molar-refractivity contribution is 5.56. The Hall–Kier alpha value is -1.92. The number of nitrogens with two attached hydrogens (primary N) is 1. The van der Waals surface area contributed by atoms with E-state index in [-0.39, 0.29) is 12.5 Å². The predicted octanol–water partition coefficient (Wildman–Crippen LogP) is 1.13. The Labute approximate surface area is 104 Å². The lowest BCUT2D eigenvalue weighted by Gasteiger charge is -2.03. The highest BCUT2D eigenvalue weighted by Crippen LogP contribution is 2.22. The van der Waals surface area contributed by atoms with Gasteiger partial charge in [-0.25, -0.2) is 0 Å². The summed E-state index contributed by atoms with van der Waals surface area (Å²) in [5, 5.41) is 12.7. The molecule has 0 radical (unpaired) electrons. The normalized spacial score (nSPS) is 12.4. The average Bonchev–Trinajstić information content (AvgIpc) is 2.88. The minimum atomic E-state index is -0.652. The molecule has 3 N–H and O–H groups in total. The van der Waals surface area contributed by atoms with Gasteiger partial charge in [-0.3, -0.25) is 0 Å². The molecule has 6 nitrogen and oxygen atoms in total. The lowest BCUT2D eigenvalue weighted by atomic mass is 10.2. The van der Waals surface area contributed by atoms with Crippen LogP contribution >= 0.6 is 0 Å². The van der Waals surface area contributed by atoms with Crippen LogP contribution in [0.15, 0.2) is 28.8 Å². The van der Waals surface area contributed by atoms with Crippen molar-refractivity contribution in [3.05, 3.63) is 30.2 Å². The van der Waals surface area contributed by atoms with E-state index in [2.05, 4.69) is 10.1 Å². The third kappa shape index (κ3) is 2.66. The maximum absolute atomic E-state index is 8.91. The first kappa shape index (κ1) is 12.5. The molecule has 18 heavy (non-hydrogen) atoms. The Morgan fingerprint density at radius 3 is 3.06 bits per heavy atom. The van der Waals surface area contributed by atoms with E-state index in [1.54, 1.807) is 0 Å². The van der Waals surface area contributed by atoms with Crippen molar-refractivity contribution in [3.63, 3.8) is 0 Å². The van der Waals surface area contributed by atoms with Crippen molar-refractivity contribution in [2.45, 2.75) is 13.0 Å². The van der Waals surface area contributed by atoms with Gasteiger partial charge in [-0.05, 0) is 19.1 Å². The highest BCUT2D eigenvalue weighted by atomic mass is 16.5. The predicted molar refractivity (Wildman–Crippen MR) is 64.9 cm³/mol. The number of benzene rings is 1. The zero-order chi connectivity index (χ0) is 13.0. The summed E-state index contributed by atoms with van der Waals surface area (Å²) in [4.78, 5) is 4.13. The molecule has 1 aromatic heterocycles. The van der Waals surface area contributed by atoms with Gasteiger partial charge in [-0.2, -0.15) is 4.98 Å². The van der Waals surface area contributed by atoms with Crippen LogP contribution in [0.25, 0.3) is 11.4 Å². The number of hydrogen-bond donors (Lipinski definition) is 2. The van der Waals surface area contributed by atoms with E-state index in [1.165, 1.54) is 0 Å². The lowest BCUT2D eigenvalue weighted by molar-refractivity contribution is 0.237. The number of ether oxygens (including phenoxy) is 1. The van der Waals surface area contributed by atoms with Gasteiger partial charge in [0.15, 0.2) is 0 Å². The SMILES string of the molecule is CCOc1cccc(-c2noc([C@H](N)CO)n2)c1. The van der Waals surface area contributed by atoms with Gasteiger partial charge in [0.2, 0.25) is 11.7 Å². The Morgan fingerprint density at radius 1 is 1.50 bits per heavy atom. The van der Waals surface area contributed by atoms with Crippen molar-refractivity contribution in [2.24, 2.45) is 5.73 Å². The van der Waals surface area contributed by atoms with Crippen molar-refractivity contribution in [1.82, 2.24) is 10.1 Å². The molecular formula is C12H15N3O3. The summed E-state index contributed by atoms with van der Waals surface area (Å²) in [6.07, 6.45) is 0. The van der Waals surface area contributed by atoms with E-state index in [0.717, 1.165) is 11.3 Å². The fraction of sp³-hybridized carbons (Fsp3) is 0.333. The van der Waals surface area contributed by atoms with Crippen LogP contribution in [0.3, 0.4) is 0 Å². The molecule has 1 atom stereocenters. The van der Waals surface area contributed by atoms with Gasteiger partial charge in [-0.15, -0.1) is 0 Å². The Morgan fingerprint density at radius 2 is 2.33 bits per heavy atom. The summed E-state index contributed by atoms with van der Waals surface area (Å²) < 4.78 is 10.4. The molecule has 0 spiro atoms. The summed E-state index contributed by atoms with van der Waals surface area (Å²) in [6.45, 7) is 2.27. The molecule has 0 saturated heterocycles. The minimum absolute atomic E-state index is 0.217. The zero-order valence-electron chi connectivity index (χ0n) is 10.0. The van der Waals surface area contributed by atoms with Crippen molar-refractivity contribution in [2.75, 3.05) is 13.2 Å². The molecule has 1 heterocycles. The molecule has 0 fully saturated rings. The van der Waals surface area contributed by atoms with Gasteiger partial charge in [-0.1, -0.05) is 17.3 Å². The van der Waals surface area contributed by atoms with Crippen LogP contribution in [0.1, 0.15) is 18.9 Å². The third-order valence-corrected chi connectivity index (χ3v) is 2.36. The first-order valence-electron chi connectivity index (χ1n) is 5.68. The number of aliphatic hydroxyl groups is 1. The van der Waals surface area contributed by atoms with E-state index in [0.29, 0.717) is 12.4 Å². The van der Waals surface area contributed by atoms with Gasteiger partial charge >= 0.3 is 0 Å². The number of aliphatic hydroxyl groups excluding tert-OH is 1. The molecule has 96 valence electrons. The van der Waals surface area contributed by atoms with Crippen molar-refractivity contribution >= 4 is 0 Å². The fourth-order valence-electron chi connectivity index (χ4n) is 1.47. The van der Waals surface area contributed by atoms with Gasteiger partial charge < -0.3 is 20.1 Å². The van der Waals surface area contributed by atoms with Gasteiger partial charge in [0.1, 0.15) is 11.8 Å². The largest absolute Gasteiger partial charge is 0.494 e. The monoisotopic (exact) mass is 249 g/mol. The van der Waals surface area contributed by atoms with Crippen LogP contribution in [-0.2, 0) is 0 Å². The van der Waals surface area contributed by atoms with E-state index < -0.39 is 6.04 Å². The van der Waals surface area contributed by atoms with Gasteiger partial charge in [0.05, 0.1) is 13.2 Å². The zero-order valence-corrected chi connectivity index (χ0v) is 10.0. The first-order chi connectivity index (χ1) is 8.74. The van der Waals surface area contributed by atoms with E-state index in [4.69, 9.17) is 20.1 Å². The first-order valence-corrected chi connectivity index (χ1v) is 5.68. The molecule has 0 aliphatic rings. The highest BCUT2D eigenvalue weighted by Gasteiger charge is 2.14. The van der Waals surface area contributed by atoms with Crippen molar-refractivity contribution in [3.8, 4) is 17.1 Å². The second-order valence-electron chi connectivity index (χ2n) is 3.71. The average molecular weight is 249 g/mol. The quantitative estimate of drug-likeness (QED) is 0.824. The Balaban J connectivity index is 2.25. The second kappa shape index (κ2) is 5.61. The summed E-state index contributed by atoms with van der Waals surface area (Å²) in [5.41, 5.74) is 6.37. The van der Waals surface area contributed by atoms with Crippen LogP contribution in [0.2, 0.25) is 0 Å². The van der Waals surface area contributed by atoms with E-state index >= 15 is 0 Å². The molecule has 0 amide bonds. The van der Waals surface area contributed by atoms with Crippen molar-refractivity contribution in [1.29, 1.82) is 0 Å². The molecule has 2 aromatic rings. The van der Waals surface area contributed by atoms with Crippen LogP contribution in [0.4, 0.5) is 0 Å². The Kier molecular flexibility index (Phi) is 3.91. The summed E-state index contributed by atoms with van der Waals surface area (Å²) in [6, 6.07) is 6.72.